The molecule has 4 rings (SSSR count). The second-order valence-corrected chi connectivity index (χ2v) is 7.09. The Labute approximate surface area is 127 Å². The second kappa shape index (κ2) is 5.24. The molecule has 0 bridgehead atoms. The van der Waals surface area contributed by atoms with Gasteiger partial charge in [0.1, 0.15) is 15.8 Å². The van der Waals surface area contributed by atoms with Gasteiger partial charge in [-0.05, 0) is 44.1 Å². The number of rotatable bonds is 1. The Bertz CT molecular complexity index is 649. The third-order valence-electron chi connectivity index (χ3n) is 4.37. The van der Waals surface area contributed by atoms with Gasteiger partial charge in [0.15, 0.2) is 0 Å². The molecule has 20 heavy (non-hydrogen) atoms. The summed E-state index contributed by atoms with van der Waals surface area (Å²) in [6, 6.07) is 0. The minimum absolute atomic E-state index is 0.407. The molecule has 2 aliphatic rings. The summed E-state index contributed by atoms with van der Waals surface area (Å²) in [5.74, 6) is 1.33. The molecule has 3 heterocycles. The first kappa shape index (κ1) is 13.0. The third-order valence-corrected chi connectivity index (χ3v) is 5.83. The summed E-state index contributed by atoms with van der Waals surface area (Å²) in [6.07, 6.45) is 6.88. The van der Waals surface area contributed by atoms with Gasteiger partial charge in [-0.25, -0.2) is 9.97 Å². The van der Waals surface area contributed by atoms with Crippen molar-refractivity contribution in [3.8, 4) is 0 Å². The molecule has 2 aromatic heterocycles. The number of aryl methyl sites for hydroxylation is 2. The summed E-state index contributed by atoms with van der Waals surface area (Å²) in [6.45, 7) is 1.62. The van der Waals surface area contributed by atoms with Crippen LogP contribution in [-0.2, 0) is 17.6 Å². The van der Waals surface area contributed by atoms with E-state index in [-0.39, 0.29) is 0 Å². The maximum atomic E-state index is 6.48. The van der Waals surface area contributed by atoms with Crippen LogP contribution in [0.2, 0.25) is 5.15 Å². The highest BCUT2D eigenvalue weighted by atomic mass is 35.5. The van der Waals surface area contributed by atoms with Crippen molar-refractivity contribution in [3.63, 3.8) is 0 Å². The van der Waals surface area contributed by atoms with E-state index in [2.05, 4.69) is 4.98 Å². The third kappa shape index (κ3) is 2.14. The largest absolute Gasteiger partial charge is 0.381 e. The van der Waals surface area contributed by atoms with Crippen molar-refractivity contribution in [1.29, 1.82) is 0 Å². The number of fused-ring (bicyclic) bond motifs is 3. The maximum Gasteiger partial charge on any atom is 0.141 e. The average molecular weight is 309 g/mol. The van der Waals surface area contributed by atoms with Crippen molar-refractivity contribution < 1.29 is 4.74 Å². The van der Waals surface area contributed by atoms with Gasteiger partial charge in [0.05, 0.1) is 5.39 Å². The Hall–Kier alpha value is -0.710. The van der Waals surface area contributed by atoms with Crippen molar-refractivity contribution in [2.75, 3.05) is 13.2 Å². The lowest BCUT2D eigenvalue weighted by Gasteiger charge is -2.20. The maximum absolute atomic E-state index is 6.48. The summed E-state index contributed by atoms with van der Waals surface area (Å²) < 4.78 is 5.42. The minimum Gasteiger partial charge on any atom is -0.381 e. The number of hydrogen-bond donors (Lipinski definition) is 0. The highest BCUT2D eigenvalue weighted by Crippen LogP contribution is 2.39. The average Bonchev–Trinajstić information content (AvgIpc) is 2.87. The topological polar surface area (TPSA) is 35.0 Å². The standard InChI is InChI=1S/C15H17ClN2OS/c16-13-12-10-3-1-2-4-11(10)20-15(12)18-14(17-13)9-5-7-19-8-6-9/h9H,1-8H2. The van der Waals surface area contributed by atoms with Crippen molar-refractivity contribution in [2.24, 2.45) is 0 Å². The van der Waals surface area contributed by atoms with Gasteiger partial charge in [-0.3, -0.25) is 0 Å². The van der Waals surface area contributed by atoms with E-state index in [9.17, 15) is 0 Å². The summed E-state index contributed by atoms with van der Waals surface area (Å²) in [5, 5.41) is 1.79. The zero-order valence-electron chi connectivity index (χ0n) is 11.3. The molecule has 2 aromatic rings. The zero-order valence-corrected chi connectivity index (χ0v) is 12.9. The molecular formula is C15H17ClN2OS. The van der Waals surface area contributed by atoms with Crippen LogP contribution in [0.5, 0.6) is 0 Å². The molecule has 0 amide bonds. The van der Waals surface area contributed by atoms with Crippen LogP contribution in [0.1, 0.15) is 47.9 Å². The Balaban J connectivity index is 1.81. The fourth-order valence-corrected chi connectivity index (χ4v) is 4.88. The Kier molecular flexibility index (Phi) is 3.41. The molecule has 1 aliphatic carbocycles. The SMILES string of the molecule is Clc1nc(C2CCOCC2)nc2sc3c(c12)CCCC3. The highest BCUT2D eigenvalue weighted by Gasteiger charge is 2.24. The molecule has 5 heteroatoms. The lowest BCUT2D eigenvalue weighted by molar-refractivity contribution is 0.0836. The van der Waals surface area contributed by atoms with Gasteiger partial charge in [-0.15, -0.1) is 11.3 Å². The van der Waals surface area contributed by atoms with Gasteiger partial charge in [-0.2, -0.15) is 0 Å². The van der Waals surface area contributed by atoms with Crippen LogP contribution in [0.25, 0.3) is 10.2 Å². The molecule has 0 N–H and O–H groups in total. The first-order valence-electron chi connectivity index (χ1n) is 7.38. The molecule has 1 aliphatic heterocycles. The molecule has 3 nitrogen and oxygen atoms in total. The molecule has 106 valence electrons. The fraction of sp³-hybridized carbons (Fsp3) is 0.600. The van der Waals surface area contributed by atoms with E-state index in [0.717, 1.165) is 48.5 Å². The van der Waals surface area contributed by atoms with Crippen LogP contribution in [-0.4, -0.2) is 23.2 Å². The number of thiophene rings is 1. The molecule has 1 fully saturated rings. The molecule has 0 atom stereocenters. The number of aromatic nitrogens is 2. The van der Waals surface area contributed by atoms with Gasteiger partial charge >= 0.3 is 0 Å². The predicted molar refractivity (Wildman–Crippen MR) is 81.9 cm³/mol. The smallest absolute Gasteiger partial charge is 0.141 e. The van der Waals surface area contributed by atoms with E-state index in [0.29, 0.717) is 11.1 Å². The van der Waals surface area contributed by atoms with E-state index < -0.39 is 0 Å². The normalized spacial score (nSPS) is 20.2. The van der Waals surface area contributed by atoms with E-state index in [1.54, 1.807) is 0 Å². The number of nitrogens with zero attached hydrogens (tertiary/aromatic N) is 2. The second-order valence-electron chi connectivity index (χ2n) is 5.65. The lowest BCUT2D eigenvalue weighted by atomic mass is 9.97. The Morgan fingerprint density at radius 2 is 1.90 bits per heavy atom. The van der Waals surface area contributed by atoms with Crippen molar-refractivity contribution in [1.82, 2.24) is 9.97 Å². The first-order valence-corrected chi connectivity index (χ1v) is 8.58. The van der Waals surface area contributed by atoms with E-state index in [4.69, 9.17) is 21.3 Å². The zero-order chi connectivity index (χ0) is 13.5. The summed E-state index contributed by atoms with van der Waals surface area (Å²) in [5.41, 5.74) is 1.42. The van der Waals surface area contributed by atoms with Gasteiger partial charge < -0.3 is 4.74 Å². The van der Waals surface area contributed by atoms with E-state index >= 15 is 0 Å². The molecular weight excluding hydrogens is 292 g/mol. The summed E-state index contributed by atoms with van der Waals surface area (Å²) in [4.78, 5) is 12.0. The summed E-state index contributed by atoms with van der Waals surface area (Å²) >= 11 is 8.31. The monoisotopic (exact) mass is 308 g/mol. The predicted octanol–water partition coefficient (Wildman–Crippen LogP) is 4.12. The van der Waals surface area contributed by atoms with Gasteiger partial charge in [0, 0.05) is 24.0 Å². The van der Waals surface area contributed by atoms with Gasteiger partial charge in [0.25, 0.3) is 0 Å². The highest BCUT2D eigenvalue weighted by molar-refractivity contribution is 7.19. The quantitative estimate of drug-likeness (QED) is 0.743. The first-order chi connectivity index (χ1) is 9.83. The Morgan fingerprint density at radius 1 is 1.10 bits per heavy atom. The van der Waals surface area contributed by atoms with Crippen LogP contribution < -0.4 is 0 Å². The van der Waals surface area contributed by atoms with Crippen LogP contribution >= 0.6 is 22.9 Å². The number of halogens is 1. The van der Waals surface area contributed by atoms with E-state index in [1.165, 1.54) is 29.7 Å². The Morgan fingerprint density at radius 3 is 2.75 bits per heavy atom. The van der Waals surface area contributed by atoms with Crippen LogP contribution in [0.4, 0.5) is 0 Å². The fourth-order valence-electron chi connectivity index (χ4n) is 3.27. The molecule has 0 aromatic carbocycles. The van der Waals surface area contributed by atoms with Crippen molar-refractivity contribution in [2.45, 2.75) is 44.4 Å². The van der Waals surface area contributed by atoms with Crippen molar-refractivity contribution in [3.05, 3.63) is 21.4 Å². The van der Waals surface area contributed by atoms with E-state index in [1.807, 2.05) is 11.3 Å². The van der Waals surface area contributed by atoms with Gasteiger partial charge in [-0.1, -0.05) is 11.6 Å². The lowest BCUT2D eigenvalue weighted by Crippen LogP contribution is -2.16. The van der Waals surface area contributed by atoms with Crippen molar-refractivity contribution >= 4 is 33.2 Å². The van der Waals surface area contributed by atoms with Crippen LogP contribution in [0, 0.1) is 0 Å². The van der Waals surface area contributed by atoms with Crippen LogP contribution in [0.3, 0.4) is 0 Å². The number of hydrogen-bond acceptors (Lipinski definition) is 4. The minimum atomic E-state index is 0.407. The molecule has 0 saturated carbocycles. The molecule has 0 spiro atoms. The number of ether oxygens (including phenoxy) is 1. The van der Waals surface area contributed by atoms with Gasteiger partial charge in [0.2, 0.25) is 0 Å². The summed E-state index contributed by atoms with van der Waals surface area (Å²) in [7, 11) is 0. The van der Waals surface area contributed by atoms with Crippen LogP contribution in [0.15, 0.2) is 0 Å². The molecule has 0 unspecified atom stereocenters. The molecule has 0 radical (unpaired) electrons. The molecule has 1 saturated heterocycles.